The molecule has 2 amide bonds. The van der Waals surface area contributed by atoms with Gasteiger partial charge in [0.25, 0.3) is 5.91 Å². The van der Waals surface area contributed by atoms with Gasteiger partial charge in [-0.3, -0.25) is 14.9 Å². The van der Waals surface area contributed by atoms with Crippen molar-refractivity contribution >= 4 is 63.7 Å². The molecule has 0 aliphatic carbocycles. The molecule has 2 N–H and O–H groups in total. The largest absolute Gasteiger partial charge is 0.366 e. The Balaban J connectivity index is 1.65. The highest BCUT2D eigenvalue weighted by molar-refractivity contribution is 7.80. The van der Waals surface area contributed by atoms with Crippen LogP contribution in [0.5, 0.6) is 0 Å². The lowest BCUT2D eigenvalue weighted by molar-refractivity contribution is -0.131. The van der Waals surface area contributed by atoms with Crippen molar-refractivity contribution in [3.63, 3.8) is 0 Å². The van der Waals surface area contributed by atoms with Crippen molar-refractivity contribution in [3.05, 3.63) is 58.1 Å². The zero-order valence-corrected chi connectivity index (χ0v) is 18.8. The number of nitrogens with zero attached hydrogens (tertiary/aromatic N) is 2. The van der Waals surface area contributed by atoms with Crippen LogP contribution in [0.4, 0.5) is 11.4 Å². The van der Waals surface area contributed by atoms with Gasteiger partial charge >= 0.3 is 0 Å². The lowest BCUT2D eigenvalue weighted by atomic mass is 10.2. The van der Waals surface area contributed by atoms with Crippen LogP contribution in [0.25, 0.3) is 0 Å². The maximum atomic E-state index is 12.5. The number of anilines is 2. The lowest BCUT2D eigenvalue weighted by Gasteiger charge is -2.37. The topological polar surface area (TPSA) is 64.7 Å². The molecule has 2 aromatic rings. The SMILES string of the molecule is CCC(=O)N1CCN(c2ccccc2NC(=S)NC(=O)c2ccc(Cl)cc2Cl)CC1. The van der Waals surface area contributed by atoms with Crippen molar-refractivity contribution in [1.29, 1.82) is 0 Å². The number of para-hydroxylation sites is 2. The zero-order valence-electron chi connectivity index (χ0n) is 16.5. The van der Waals surface area contributed by atoms with Crippen LogP contribution in [0, 0.1) is 0 Å². The second kappa shape index (κ2) is 10.1. The molecule has 0 radical (unpaired) electrons. The molecule has 2 aromatic carbocycles. The molecule has 0 saturated carbocycles. The van der Waals surface area contributed by atoms with Gasteiger partial charge in [-0.25, -0.2) is 0 Å². The molecule has 0 aromatic heterocycles. The number of piperazine rings is 1. The highest BCUT2D eigenvalue weighted by Gasteiger charge is 2.22. The van der Waals surface area contributed by atoms with Gasteiger partial charge in [0.1, 0.15) is 0 Å². The van der Waals surface area contributed by atoms with Gasteiger partial charge in [0.2, 0.25) is 5.91 Å². The molecule has 30 heavy (non-hydrogen) atoms. The fourth-order valence-electron chi connectivity index (χ4n) is 3.27. The molecule has 1 fully saturated rings. The summed E-state index contributed by atoms with van der Waals surface area (Å²) in [5, 5.41) is 6.61. The standard InChI is InChI=1S/C21H22Cl2N4O2S/c1-2-19(28)27-11-9-26(10-12-27)18-6-4-3-5-17(18)24-21(30)25-20(29)15-8-7-14(22)13-16(15)23/h3-8,13H,2,9-12H2,1H3,(H2,24,25,29,30). The van der Waals surface area contributed by atoms with Gasteiger partial charge in [-0.1, -0.05) is 42.3 Å². The Morgan fingerprint density at radius 2 is 1.77 bits per heavy atom. The third-order valence-electron chi connectivity index (χ3n) is 4.83. The minimum absolute atomic E-state index is 0.165. The van der Waals surface area contributed by atoms with Crippen molar-refractivity contribution in [1.82, 2.24) is 10.2 Å². The van der Waals surface area contributed by atoms with Crippen molar-refractivity contribution in [2.75, 3.05) is 36.4 Å². The summed E-state index contributed by atoms with van der Waals surface area (Å²) in [7, 11) is 0. The van der Waals surface area contributed by atoms with E-state index in [9.17, 15) is 9.59 Å². The van der Waals surface area contributed by atoms with Gasteiger partial charge < -0.3 is 15.1 Å². The summed E-state index contributed by atoms with van der Waals surface area (Å²) in [6.45, 7) is 4.68. The van der Waals surface area contributed by atoms with Gasteiger partial charge in [0, 0.05) is 37.6 Å². The number of hydrogen-bond acceptors (Lipinski definition) is 4. The monoisotopic (exact) mass is 464 g/mol. The molecule has 1 saturated heterocycles. The summed E-state index contributed by atoms with van der Waals surface area (Å²) < 4.78 is 0. The predicted octanol–water partition coefficient (Wildman–Crippen LogP) is 4.18. The van der Waals surface area contributed by atoms with Crippen molar-refractivity contribution in [3.8, 4) is 0 Å². The number of carbonyl (C=O) groups excluding carboxylic acids is 2. The minimum Gasteiger partial charge on any atom is -0.366 e. The first kappa shape index (κ1) is 22.3. The van der Waals surface area contributed by atoms with Crippen LogP contribution in [0.15, 0.2) is 42.5 Å². The van der Waals surface area contributed by atoms with E-state index in [1.807, 2.05) is 36.1 Å². The van der Waals surface area contributed by atoms with Crippen LogP contribution >= 0.6 is 35.4 Å². The Morgan fingerprint density at radius 1 is 1.07 bits per heavy atom. The molecule has 0 bridgehead atoms. The molecule has 0 unspecified atom stereocenters. The Kier molecular flexibility index (Phi) is 7.53. The molecule has 9 heteroatoms. The van der Waals surface area contributed by atoms with E-state index < -0.39 is 5.91 Å². The van der Waals surface area contributed by atoms with E-state index in [1.54, 1.807) is 12.1 Å². The van der Waals surface area contributed by atoms with Gasteiger partial charge in [0.05, 0.1) is 22.0 Å². The highest BCUT2D eigenvalue weighted by atomic mass is 35.5. The Morgan fingerprint density at radius 3 is 2.43 bits per heavy atom. The molecule has 158 valence electrons. The van der Waals surface area contributed by atoms with Gasteiger partial charge in [-0.05, 0) is 42.5 Å². The predicted molar refractivity (Wildman–Crippen MR) is 126 cm³/mol. The smallest absolute Gasteiger partial charge is 0.258 e. The molecule has 1 aliphatic rings. The fraction of sp³-hybridized carbons (Fsp3) is 0.286. The number of halogens is 2. The number of amides is 2. The average Bonchev–Trinajstić information content (AvgIpc) is 2.73. The van der Waals surface area contributed by atoms with E-state index >= 15 is 0 Å². The summed E-state index contributed by atoms with van der Waals surface area (Å²) in [6.07, 6.45) is 0.518. The van der Waals surface area contributed by atoms with Crippen molar-refractivity contribution in [2.24, 2.45) is 0 Å². The second-order valence-corrected chi connectivity index (χ2v) is 8.02. The van der Waals surface area contributed by atoms with E-state index in [0.717, 1.165) is 24.5 Å². The zero-order chi connectivity index (χ0) is 21.7. The molecule has 1 heterocycles. The highest BCUT2D eigenvalue weighted by Crippen LogP contribution is 2.27. The number of thiocarbonyl (C=S) groups is 1. The first-order chi connectivity index (χ1) is 14.4. The van der Waals surface area contributed by atoms with Gasteiger partial charge in [0.15, 0.2) is 5.11 Å². The van der Waals surface area contributed by atoms with Gasteiger partial charge in [-0.2, -0.15) is 0 Å². The number of benzene rings is 2. The van der Waals surface area contributed by atoms with E-state index in [2.05, 4.69) is 15.5 Å². The molecule has 0 spiro atoms. The maximum Gasteiger partial charge on any atom is 0.258 e. The second-order valence-electron chi connectivity index (χ2n) is 6.77. The van der Waals surface area contributed by atoms with E-state index in [1.165, 1.54) is 6.07 Å². The quantitative estimate of drug-likeness (QED) is 0.664. The molecule has 3 rings (SSSR count). The summed E-state index contributed by atoms with van der Waals surface area (Å²) >= 11 is 17.3. The van der Waals surface area contributed by atoms with Gasteiger partial charge in [-0.15, -0.1) is 0 Å². The number of hydrogen-bond donors (Lipinski definition) is 2. The van der Waals surface area contributed by atoms with Crippen LogP contribution < -0.4 is 15.5 Å². The van der Waals surface area contributed by atoms with Crippen LogP contribution in [-0.4, -0.2) is 48.0 Å². The Bertz CT molecular complexity index is 962. The van der Waals surface area contributed by atoms with Crippen LogP contribution in [0.3, 0.4) is 0 Å². The Labute approximate surface area is 191 Å². The maximum absolute atomic E-state index is 12.5. The van der Waals surface area contributed by atoms with Crippen molar-refractivity contribution in [2.45, 2.75) is 13.3 Å². The number of rotatable bonds is 4. The molecule has 6 nitrogen and oxygen atoms in total. The Hall–Kier alpha value is -2.35. The first-order valence-electron chi connectivity index (χ1n) is 9.58. The third kappa shape index (κ3) is 5.41. The normalized spacial score (nSPS) is 13.7. The third-order valence-corrected chi connectivity index (χ3v) is 5.58. The number of carbonyl (C=O) groups is 2. The molecular formula is C21H22Cl2N4O2S. The number of nitrogens with one attached hydrogen (secondary N) is 2. The molecule has 0 atom stereocenters. The summed E-state index contributed by atoms with van der Waals surface area (Å²) in [4.78, 5) is 28.5. The minimum atomic E-state index is -0.418. The molecular weight excluding hydrogens is 443 g/mol. The van der Waals surface area contributed by atoms with Crippen LogP contribution in [-0.2, 0) is 4.79 Å². The van der Waals surface area contributed by atoms with E-state index in [-0.39, 0.29) is 21.6 Å². The van der Waals surface area contributed by atoms with E-state index in [0.29, 0.717) is 24.5 Å². The summed E-state index contributed by atoms with van der Waals surface area (Å²) in [5.74, 6) is -0.246. The van der Waals surface area contributed by atoms with Crippen LogP contribution in [0.1, 0.15) is 23.7 Å². The summed E-state index contributed by atoms with van der Waals surface area (Å²) in [6, 6.07) is 12.4. The lowest BCUT2D eigenvalue weighted by Crippen LogP contribution is -2.48. The fourth-order valence-corrected chi connectivity index (χ4v) is 3.97. The van der Waals surface area contributed by atoms with Crippen LogP contribution in [0.2, 0.25) is 10.0 Å². The summed E-state index contributed by atoms with van der Waals surface area (Å²) in [5.41, 5.74) is 2.03. The first-order valence-corrected chi connectivity index (χ1v) is 10.7. The van der Waals surface area contributed by atoms with Crippen molar-refractivity contribution < 1.29 is 9.59 Å². The molecule has 1 aliphatic heterocycles. The van der Waals surface area contributed by atoms with E-state index in [4.69, 9.17) is 35.4 Å². The average molecular weight is 465 g/mol.